The number of nitrogens with one attached hydrogen (secondary N) is 1. The minimum atomic E-state index is -0.288. The van der Waals surface area contributed by atoms with Gasteiger partial charge in [-0.1, -0.05) is 34.5 Å². The van der Waals surface area contributed by atoms with Crippen molar-refractivity contribution < 1.29 is 4.79 Å². The Morgan fingerprint density at radius 3 is 2.80 bits per heavy atom. The van der Waals surface area contributed by atoms with Crippen molar-refractivity contribution in [3.63, 3.8) is 0 Å². The van der Waals surface area contributed by atoms with Crippen LogP contribution in [0.3, 0.4) is 0 Å². The van der Waals surface area contributed by atoms with Crippen molar-refractivity contribution in [3.8, 4) is 5.95 Å². The van der Waals surface area contributed by atoms with E-state index < -0.39 is 0 Å². The lowest BCUT2D eigenvalue weighted by atomic mass is 10.1. The summed E-state index contributed by atoms with van der Waals surface area (Å²) in [4.78, 5) is 21.1. The van der Waals surface area contributed by atoms with Crippen LogP contribution in [-0.4, -0.2) is 37.3 Å². The second kappa shape index (κ2) is 6.51. The molecule has 0 saturated heterocycles. The first-order chi connectivity index (χ1) is 12.1. The number of carbonyl (C=O) groups is 1. The Balaban J connectivity index is 1.65. The quantitative estimate of drug-likeness (QED) is 0.707. The maximum Gasteiger partial charge on any atom is 0.252 e. The summed E-state index contributed by atoms with van der Waals surface area (Å²) in [5, 5.41) is 12.0. The van der Waals surface area contributed by atoms with Crippen LogP contribution in [0.4, 0.5) is 0 Å². The van der Waals surface area contributed by atoms with Crippen molar-refractivity contribution in [2.45, 2.75) is 13.0 Å². The Morgan fingerprint density at radius 1 is 1.20 bits per heavy atom. The van der Waals surface area contributed by atoms with Gasteiger partial charge in [0.1, 0.15) is 5.69 Å². The summed E-state index contributed by atoms with van der Waals surface area (Å²) in [5.41, 5.74) is 2.51. The predicted octanol–water partition coefficient (Wildman–Crippen LogP) is 2.24. The lowest BCUT2D eigenvalue weighted by Gasteiger charge is -2.12. The smallest absolute Gasteiger partial charge is 0.252 e. The average Bonchev–Trinajstić information content (AvgIpc) is 3.08. The van der Waals surface area contributed by atoms with Crippen LogP contribution in [0.5, 0.6) is 0 Å². The lowest BCUT2D eigenvalue weighted by Crippen LogP contribution is -2.25. The van der Waals surface area contributed by atoms with Gasteiger partial charge in [-0.2, -0.15) is 4.68 Å². The van der Waals surface area contributed by atoms with Crippen LogP contribution in [0.15, 0.2) is 30.6 Å². The zero-order valence-corrected chi connectivity index (χ0v) is 14.4. The highest BCUT2D eigenvalue weighted by molar-refractivity contribution is 6.44. The van der Waals surface area contributed by atoms with Crippen LogP contribution < -0.4 is 5.32 Å². The van der Waals surface area contributed by atoms with Crippen LogP contribution in [-0.2, 0) is 13.0 Å². The number of halogens is 2. The molecule has 3 heterocycles. The van der Waals surface area contributed by atoms with Gasteiger partial charge >= 0.3 is 0 Å². The van der Waals surface area contributed by atoms with Gasteiger partial charge in [0.25, 0.3) is 5.95 Å². The minimum Gasteiger partial charge on any atom is -0.311 e. The van der Waals surface area contributed by atoms with Crippen molar-refractivity contribution in [1.29, 1.82) is 0 Å². The van der Waals surface area contributed by atoms with Crippen LogP contribution in [0.1, 0.15) is 27.3 Å². The van der Waals surface area contributed by atoms with Crippen LogP contribution in [0.25, 0.3) is 5.95 Å². The van der Waals surface area contributed by atoms with E-state index in [0.29, 0.717) is 28.6 Å². The largest absolute Gasteiger partial charge is 0.311 e. The van der Waals surface area contributed by atoms with Gasteiger partial charge in [0, 0.05) is 37.5 Å². The van der Waals surface area contributed by atoms with Gasteiger partial charge in [0.15, 0.2) is 5.78 Å². The molecule has 2 aromatic heterocycles. The zero-order valence-electron chi connectivity index (χ0n) is 12.9. The van der Waals surface area contributed by atoms with Crippen LogP contribution in [0, 0.1) is 0 Å². The summed E-state index contributed by atoms with van der Waals surface area (Å²) in [5.74, 6) is 0.0910. The molecule has 7 nitrogen and oxygen atoms in total. The Morgan fingerprint density at radius 2 is 2.00 bits per heavy atom. The van der Waals surface area contributed by atoms with Crippen molar-refractivity contribution in [2.24, 2.45) is 0 Å². The lowest BCUT2D eigenvalue weighted by molar-refractivity contribution is 0.103. The number of hydrogen-bond donors (Lipinski definition) is 1. The number of nitrogens with zero attached hydrogens (tertiary/aromatic N) is 5. The van der Waals surface area contributed by atoms with Crippen molar-refractivity contribution >= 4 is 29.0 Å². The standard InChI is InChI=1S/C16H12Cl2N6O/c17-11-3-1-2-10(14(11)18)15(25)9-6-20-16(21-7-9)24-13-4-5-19-8-12(13)22-23-24/h1-3,6-7,19H,4-5,8H2. The van der Waals surface area contributed by atoms with Gasteiger partial charge in [-0.3, -0.25) is 4.79 Å². The molecule has 1 N–H and O–H groups in total. The van der Waals surface area contributed by atoms with E-state index in [-0.39, 0.29) is 10.8 Å². The molecule has 4 rings (SSSR count). The predicted molar refractivity (Wildman–Crippen MR) is 92.3 cm³/mol. The van der Waals surface area contributed by atoms with Gasteiger partial charge in [-0.05, 0) is 12.1 Å². The molecule has 0 fully saturated rings. The van der Waals surface area contributed by atoms with E-state index >= 15 is 0 Å². The number of carbonyl (C=O) groups excluding carboxylic acids is 1. The number of aromatic nitrogens is 5. The minimum absolute atomic E-state index is 0.219. The first kappa shape index (κ1) is 16.1. The first-order valence-electron chi connectivity index (χ1n) is 7.60. The maximum atomic E-state index is 12.6. The fraction of sp³-hybridized carbons (Fsp3) is 0.188. The average molecular weight is 375 g/mol. The zero-order chi connectivity index (χ0) is 17.4. The molecule has 0 saturated carbocycles. The summed E-state index contributed by atoms with van der Waals surface area (Å²) < 4.78 is 1.61. The van der Waals surface area contributed by atoms with E-state index in [9.17, 15) is 4.79 Å². The maximum absolute atomic E-state index is 12.6. The fourth-order valence-electron chi connectivity index (χ4n) is 2.68. The van der Waals surface area contributed by atoms with Gasteiger partial charge in [0.05, 0.1) is 21.3 Å². The van der Waals surface area contributed by atoms with E-state index in [1.807, 2.05) is 0 Å². The van der Waals surface area contributed by atoms with Crippen molar-refractivity contribution in [3.05, 3.63) is 63.2 Å². The molecule has 0 amide bonds. The van der Waals surface area contributed by atoms with Crippen molar-refractivity contribution in [1.82, 2.24) is 30.3 Å². The van der Waals surface area contributed by atoms with E-state index in [1.165, 1.54) is 12.4 Å². The molecule has 126 valence electrons. The van der Waals surface area contributed by atoms with E-state index in [1.54, 1.807) is 22.9 Å². The number of benzene rings is 1. The van der Waals surface area contributed by atoms with Gasteiger partial charge in [-0.25, -0.2) is 9.97 Å². The molecule has 0 radical (unpaired) electrons. The summed E-state index contributed by atoms with van der Waals surface area (Å²) >= 11 is 12.1. The monoisotopic (exact) mass is 374 g/mol. The Bertz CT molecular complexity index is 954. The third kappa shape index (κ3) is 2.90. The normalized spacial score (nSPS) is 13.5. The molecule has 1 aliphatic rings. The Hall–Kier alpha value is -2.35. The summed E-state index contributed by atoms with van der Waals surface area (Å²) in [6.07, 6.45) is 3.71. The topological polar surface area (TPSA) is 85.6 Å². The molecule has 1 aliphatic heterocycles. The molecule has 0 aliphatic carbocycles. The molecule has 0 bridgehead atoms. The third-order valence-corrected chi connectivity index (χ3v) is 4.78. The van der Waals surface area contributed by atoms with E-state index in [2.05, 4.69) is 25.6 Å². The van der Waals surface area contributed by atoms with Gasteiger partial charge < -0.3 is 5.32 Å². The summed E-state index contributed by atoms with van der Waals surface area (Å²) in [6, 6.07) is 4.92. The number of fused-ring (bicyclic) bond motifs is 1. The highest BCUT2D eigenvalue weighted by Crippen LogP contribution is 2.27. The summed E-state index contributed by atoms with van der Waals surface area (Å²) in [6.45, 7) is 1.53. The summed E-state index contributed by atoms with van der Waals surface area (Å²) in [7, 11) is 0. The number of rotatable bonds is 3. The number of ketones is 1. The van der Waals surface area contributed by atoms with E-state index in [4.69, 9.17) is 23.2 Å². The molecule has 0 unspecified atom stereocenters. The molecular formula is C16H12Cl2N6O. The third-order valence-electron chi connectivity index (χ3n) is 3.96. The highest BCUT2D eigenvalue weighted by Gasteiger charge is 2.20. The molecule has 3 aromatic rings. The highest BCUT2D eigenvalue weighted by atomic mass is 35.5. The number of hydrogen-bond acceptors (Lipinski definition) is 6. The molecular weight excluding hydrogens is 363 g/mol. The van der Waals surface area contributed by atoms with Crippen LogP contribution >= 0.6 is 23.2 Å². The molecule has 0 atom stereocenters. The van der Waals surface area contributed by atoms with Crippen LogP contribution in [0.2, 0.25) is 10.0 Å². The molecule has 9 heteroatoms. The fourth-order valence-corrected chi connectivity index (χ4v) is 3.06. The molecule has 0 spiro atoms. The second-order valence-electron chi connectivity index (χ2n) is 5.52. The van der Waals surface area contributed by atoms with Gasteiger partial charge in [-0.15, -0.1) is 5.10 Å². The van der Waals surface area contributed by atoms with E-state index in [0.717, 1.165) is 24.4 Å². The molecule has 1 aromatic carbocycles. The van der Waals surface area contributed by atoms with Gasteiger partial charge in [0.2, 0.25) is 0 Å². The van der Waals surface area contributed by atoms with Crippen molar-refractivity contribution in [2.75, 3.05) is 6.54 Å². The molecule has 25 heavy (non-hydrogen) atoms. The second-order valence-corrected chi connectivity index (χ2v) is 6.31. The SMILES string of the molecule is O=C(c1cnc(-n2nnc3c2CCNC3)nc1)c1cccc(Cl)c1Cl. The Kier molecular flexibility index (Phi) is 4.20. The first-order valence-corrected chi connectivity index (χ1v) is 8.36. The Labute approximate surface area is 153 Å².